The summed E-state index contributed by atoms with van der Waals surface area (Å²) in [5.74, 6) is -0.107. The minimum Gasteiger partial charge on any atom is -0.450 e. The van der Waals surface area contributed by atoms with Crippen LogP contribution in [0.5, 0.6) is 5.75 Å². The second kappa shape index (κ2) is 7.79. The highest BCUT2D eigenvalue weighted by Gasteiger charge is 2.10. The maximum atomic E-state index is 12.1. The lowest BCUT2D eigenvalue weighted by atomic mass is 10.2. The molecule has 2 aromatic rings. The predicted molar refractivity (Wildman–Crippen MR) is 91.2 cm³/mol. The molecule has 0 atom stereocenters. The quantitative estimate of drug-likeness (QED) is 0.468. The molecule has 22 heavy (non-hydrogen) atoms. The van der Waals surface area contributed by atoms with Gasteiger partial charge in [-0.1, -0.05) is 12.1 Å². The Balaban J connectivity index is 2.07. The summed E-state index contributed by atoms with van der Waals surface area (Å²) in [5.41, 5.74) is 0.960. The first-order valence-corrected chi connectivity index (χ1v) is 7.68. The number of carbonyl (C=O) groups is 2. The average molecular weight is 411 g/mol. The normalized spacial score (nSPS) is 9.91. The van der Waals surface area contributed by atoms with Gasteiger partial charge in [0.1, 0.15) is 5.75 Å². The molecular weight excluding hydrogens is 397 g/mol. The fourth-order valence-corrected chi connectivity index (χ4v) is 2.25. The Hall–Kier alpha value is -2.09. The molecular formula is C16H14INO4. The maximum absolute atomic E-state index is 12.1. The number of anilines is 1. The van der Waals surface area contributed by atoms with Gasteiger partial charge in [-0.15, -0.1) is 0 Å². The van der Waals surface area contributed by atoms with Crippen LogP contribution in [0.3, 0.4) is 0 Å². The van der Waals surface area contributed by atoms with Crippen LogP contribution in [-0.4, -0.2) is 18.7 Å². The molecule has 0 fully saturated rings. The SMILES string of the molecule is CCOC(=O)Nc1cccc(OC(=O)c2cccc(I)c2)c1. The van der Waals surface area contributed by atoms with Gasteiger partial charge in [0.15, 0.2) is 0 Å². The summed E-state index contributed by atoms with van der Waals surface area (Å²) in [6, 6.07) is 13.7. The van der Waals surface area contributed by atoms with Crippen molar-refractivity contribution in [3.05, 3.63) is 57.7 Å². The molecule has 1 amide bonds. The average Bonchev–Trinajstić information content (AvgIpc) is 2.47. The third kappa shape index (κ3) is 4.73. The molecule has 0 aliphatic rings. The number of esters is 1. The molecule has 0 saturated heterocycles. The van der Waals surface area contributed by atoms with Crippen LogP contribution in [0.4, 0.5) is 10.5 Å². The molecule has 0 radical (unpaired) electrons. The first kappa shape index (κ1) is 16.3. The molecule has 2 aromatic carbocycles. The van der Waals surface area contributed by atoms with Crippen LogP contribution in [0.1, 0.15) is 17.3 Å². The molecule has 0 saturated carbocycles. The molecule has 0 unspecified atom stereocenters. The highest BCUT2D eigenvalue weighted by molar-refractivity contribution is 14.1. The summed E-state index contributed by atoms with van der Waals surface area (Å²) in [6.45, 7) is 2.01. The van der Waals surface area contributed by atoms with Gasteiger partial charge in [-0.2, -0.15) is 0 Å². The molecule has 2 rings (SSSR count). The monoisotopic (exact) mass is 411 g/mol. The van der Waals surface area contributed by atoms with Crippen molar-refractivity contribution >= 4 is 40.3 Å². The summed E-state index contributed by atoms with van der Waals surface area (Å²) in [7, 11) is 0. The standard InChI is InChI=1S/C16H14INO4/c1-2-21-16(20)18-13-7-4-8-14(10-13)22-15(19)11-5-3-6-12(17)9-11/h3-10H,2H2,1H3,(H,18,20). The van der Waals surface area contributed by atoms with E-state index in [9.17, 15) is 9.59 Å². The van der Waals surface area contributed by atoms with Gasteiger partial charge in [-0.25, -0.2) is 9.59 Å². The van der Waals surface area contributed by atoms with E-state index in [4.69, 9.17) is 9.47 Å². The van der Waals surface area contributed by atoms with Crippen molar-refractivity contribution in [2.24, 2.45) is 0 Å². The minimum absolute atomic E-state index is 0.285. The number of hydrogen-bond donors (Lipinski definition) is 1. The molecule has 0 heterocycles. The van der Waals surface area contributed by atoms with Gasteiger partial charge in [0.05, 0.1) is 12.2 Å². The van der Waals surface area contributed by atoms with Crippen molar-refractivity contribution in [2.75, 3.05) is 11.9 Å². The van der Waals surface area contributed by atoms with Crippen LogP contribution in [0, 0.1) is 3.57 Å². The molecule has 0 aliphatic heterocycles. The first-order valence-electron chi connectivity index (χ1n) is 6.60. The Kier molecular flexibility index (Phi) is 5.76. The van der Waals surface area contributed by atoms with Crippen molar-refractivity contribution in [1.82, 2.24) is 0 Å². The number of hydrogen-bond acceptors (Lipinski definition) is 4. The topological polar surface area (TPSA) is 64.6 Å². The van der Waals surface area contributed by atoms with Crippen LogP contribution in [0.15, 0.2) is 48.5 Å². The lowest BCUT2D eigenvalue weighted by molar-refractivity contribution is 0.0735. The predicted octanol–water partition coefficient (Wildman–Crippen LogP) is 4.08. The second-order valence-corrected chi connectivity index (χ2v) is 5.52. The Labute approximate surface area is 141 Å². The van der Waals surface area contributed by atoms with Crippen LogP contribution < -0.4 is 10.1 Å². The number of ether oxygens (including phenoxy) is 2. The van der Waals surface area contributed by atoms with Crippen molar-refractivity contribution < 1.29 is 19.1 Å². The van der Waals surface area contributed by atoms with E-state index >= 15 is 0 Å². The van der Waals surface area contributed by atoms with Crippen molar-refractivity contribution in [1.29, 1.82) is 0 Å². The number of halogens is 1. The van der Waals surface area contributed by atoms with Gasteiger partial charge in [-0.3, -0.25) is 5.32 Å². The number of benzene rings is 2. The van der Waals surface area contributed by atoms with E-state index in [1.165, 1.54) is 0 Å². The van der Waals surface area contributed by atoms with Gasteiger partial charge >= 0.3 is 12.1 Å². The Morgan fingerprint density at radius 2 is 1.91 bits per heavy atom. The van der Waals surface area contributed by atoms with Crippen LogP contribution in [0.2, 0.25) is 0 Å². The zero-order chi connectivity index (χ0) is 15.9. The van der Waals surface area contributed by atoms with Gasteiger partial charge in [0.25, 0.3) is 0 Å². The summed E-state index contributed by atoms with van der Waals surface area (Å²) < 4.78 is 11.0. The van der Waals surface area contributed by atoms with E-state index in [1.54, 1.807) is 49.4 Å². The second-order valence-electron chi connectivity index (χ2n) is 4.27. The molecule has 5 nitrogen and oxygen atoms in total. The molecule has 114 valence electrons. The largest absolute Gasteiger partial charge is 0.450 e. The maximum Gasteiger partial charge on any atom is 0.411 e. The third-order valence-corrected chi connectivity index (χ3v) is 3.30. The molecule has 1 N–H and O–H groups in total. The van der Waals surface area contributed by atoms with Gasteiger partial charge in [0.2, 0.25) is 0 Å². The number of nitrogens with one attached hydrogen (secondary N) is 1. The number of carbonyl (C=O) groups excluding carboxylic acids is 2. The van der Waals surface area contributed by atoms with Crippen LogP contribution in [0.25, 0.3) is 0 Å². The lowest BCUT2D eigenvalue weighted by Crippen LogP contribution is -2.13. The summed E-state index contributed by atoms with van der Waals surface area (Å²) in [6.07, 6.45) is -0.552. The Bertz CT molecular complexity index is 687. The van der Waals surface area contributed by atoms with Crippen LogP contribution in [-0.2, 0) is 4.74 Å². The van der Waals surface area contributed by atoms with E-state index < -0.39 is 12.1 Å². The summed E-state index contributed by atoms with van der Waals surface area (Å²) in [4.78, 5) is 23.4. The van der Waals surface area contributed by atoms with Crippen LogP contribution >= 0.6 is 22.6 Å². The van der Waals surface area contributed by atoms with E-state index in [0.717, 1.165) is 3.57 Å². The van der Waals surface area contributed by atoms with Gasteiger partial charge in [0, 0.05) is 15.3 Å². The number of amides is 1. The number of rotatable bonds is 4. The molecule has 0 aromatic heterocycles. The van der Waals surface area contributed by atoms with Crippen molar-refractivity contribution in [2.45, 2.75) is 6.92 Å². The Morgan fingerprint density at radius 3 is 2.64 bits per heavy atom. The van der Waals surface area contributed by atoms with E-state index in [0.29, 0.717) is 17.0 Å². The summed E-state index contributed by atoms with van der Waals surface area (Å²) in [5, 5.41) is 2.55. The highest BCUT2D eigenvalue weighted by atomic mass is 127. The fourth-order valence-electron chi connectivity index (χ4n) is 1.70. The van der Waals surface area contributed by atoms with Crippen molar-refractivity contribution in [3.63, 3.8) is 0 Å². The molecule has 0 spiro atoms. The summed E-state index contributed by atoms with van der Waals surface area (Å²) >= 11 is 2.13. The van der Waals surface area contributed by atoms with E-state index in [-0.39, 0.29) is 6.61 Å². The highest BCUT2D eigenvalue weighted by Crippen LogP contribution is 2.19. The zero-order valence-corrected chi connectivity index (χ0v) is 14.0. The minimum atomic E-state index is -0.552. The fraction of sp³-hybridized carbons (Fsp3) is 0.125. The zero-order valence-electron chi connectivity index (χ0n) is 11.8. The van der Waals surface area contributed by atoms with Crippen molar-refractivity contribution in [3.8, 4) is 5.75 Å². The van der Waals surface area contributed by atoms with Gasteiger partial charge < -0.3 is 9.47 Å². The molecule has 6 heteroatoms. The molecule has 0 aliphatic carbocycles. The smallest absolute Gasteiger partial charge is 0.411 e. The van der Waals surface area contributed by atoms with E-state index in [2.05, 4.69) is 27.9 Å². The lowest BCUT2D eigenvalue weighted by Gasteiger charge is -2.08. The first-order chi connectivity index (χ1) is 10.6. The Morgan fingerprint density at radius 1 is 1.14 bits per heavy atom. The third-order valence-electron chi connectivity index (χ3n) is 2.63. The molecule has 0 bridgehead atoms. The van der Waals surface area contributed by atoms with Gasteiger partial charge in [-0.05, 0) is 59.8 Å². The van der Waals surface area contributed by atoms with E-state index in [1.807, 2.05) is 6.07 Å².